The Hall–Kier alpha value is -1.39. The van der Waals surface area contributed by atoms with E-state index in [2.05, 4.69) is 0 Å². The van der Waals surface area contributed by atoms with Gasteiger partial charge in [-0.15, -0.1) is 0 Å². The van der Waals surface area contributed by atoms with Crippen molar-refractivity contribution in [3.63, 3.8) is 0 Å². The topological polar surface area (TPSA) is 46.6 Å². The highest BCUT2D eigenvalue weighted by molar-refractivity contribution is 6.31. The van der Waals surface area contributed by atoms with E-state index >= 15 is 0 Å². The van der Waals surface area contributed by atoms with Crippen molar-refractivity contribution < 1.29 is 14.3 Å². The highest BCUT2D eigenvalue weighted by Gasteiger charge is 2.46. The van der Waals surface area contributed by atoms with Crippen LogP contribution in [-0.4, -0.2) is 41.9 Å². The maximum absolute atomic E-state index is 12.3. The number of nitrogens with zero attached hydrogens (tertiary/aromatic N) is 1. The highest BCUT2D eigenvalue weighted by Crippen LogP contribution is 2.33. The van der Waals surface area contributed by atoms with E-state index in [4.69, 9.17) is 16.3 Å². The number of halogens is 1. The lowest BCUT2D eigenvalue weighted by Gasteiger charge is -2.37. The summed E-state index contributed by atoms with van der Waals surface area (Å²) in [6.07, 6.45) is 2.57. The summed E-state index contributed by atoms with van der Waals surface area (Å²) in [7, 11) is 0. The monoisotopic (exact) mass is 307 g/mol. The predicted octanol–water partition coefficient (Wildman–Crippen LogP) is 2.23. The zero-order valence-electron chi connectivity index (χ0n) is 11.8. The van der Waals surface area contributed by atoms with E-state index in [1.165, 1.54) is 0 Å². The van der Waals surface area contributed by atoms with Gasteiger partial charge in [-0.25, -0.2) is 0 Å². The number of hydrogen-bond acceptors (Lipinski definition) is 3. The number of carbonyl (C=O) groups excluding carboxylic acids is 2. The number of benzene rings is 1. The van der Waals surface area contributed by atoms with E-state index < -0.39 is 5.60 Å². The summed E-state index contributed by atoms with van der Waals surface area (Å²) >= 11 is 6.08. The Bertz CT molecular complexity index is 566. The van der Waals surface area contributed by atoms with Crippen LogP contribution in [0.1, 0.15) is 24.8 Å². The molecule has 0 bridgehead atoms. The predicted molar refractivity (Wildman–Crippen MR) is 79.3 cm³/mol. The van der Waals surface area contributed by atoms with Gasteiger partial charge in [-0.3, -0.25) is 9.59 Å². The van der Waals surface area contributed by atoms with E-state index in [-0.39, 0.29) is 24.7 Å². The first-order valence-corrected chi connectivity index (χ1v) is 7.67. The molecule has 1 atom stereocenters. The highest BCUT2D eigenvalue weighted by atomic mass is 35.5. The van der Waals surface area contributed by atoms with Crippen molar-refractivity contribution in [3.05, 3.63) is 34.9 Å². The minimum Gasteiger partial charge on any atom is -0.367 e. The Labute approximate surface area is 129 Å². The molecular weight excluding hydrogens is 290 g/mol. The average molecular weight is 308 g/mol. The van der Waals surface area contributed by atoms with Crippen LogP contribution in [-0.2, 0) is 20.7 Å². The van der Waals surface area contributed by atoms with Gasteiger partial charge in [-0.2, -0.15) is 0 Å². The summed E-state index contributed by atoms with van der Waals surface area (Å²) in [6.45, 7) is 1.39. The van der Waals surface area contributed by atoms with Crippen LogP contribution in [0.4, 0.5) is 0 Å². The van der Waals surface area contributed by atoms with Gasteiger partial charge in [0.15, 0.2) is 5.78 Å². The molecule has 1 amide bonds. The second kappa shape index (κ2) is 5.78. The van der Waals surface area contributed by atoms with E-state index in [9.17, 15) is 9.59 Å². The number of amides is 1. The molecule has 0 saturated carbocycles. The van der Waals surface area contributed by atoms with Gasteiger partial charge in [0, 0.05) is 24.6 Å². The fourth-order valence-corrected chi connectivity index (χ4v) is 3.30. The molecule has 1 aromatic rings. The number of piperidine rings is 1. The average Bonchev–Trinajstić information content (AvgIpc) is 2.94. The van der Waals surface area contributed by atoms with Crippen molar-refractivity contribution in [2.24, 2.45) is 0 Å². The van der Waals surface area contributed by atoms with Gasteiger partial charge >= 0.3 is 0 Å². The summed E-state index contributed by atoms with van der Waals surface area (Å²) in [4.78, 5) is 26.3. The number of likely N-dealkylation sites (tertiary alicyclic amines) is 1. The quantitative estimate of drug-likeness (QED) is 0.842. The molecule has 112 valence electrons. The van der Waals surface area contributed by atoms with E-state index in [0.29, 0.717) is 24.6 Å². The second-order valence-corrected chi connectivity index (χ2v) is 6.11. The van der Waals surface area contributed by atoms with Gasteiger partial charge in [-0.1, -0.05) is 29.8 Å². The molecule has 1 spiro atoms. The van der Waals surface area contributed by atoms with Crippen molar-refractivity contribution >= 4 is 23.3 Å². The number of Topliss-reactive ketones (excluding diaryl/α,β-unsaturated/α-hetero) is 1. The number of ketones is 1. The van der Waals surface area contributed by atoms with Gasteiger partial charge < -0.3 is 9.64 Å². The van der Waals surface area contributed by atoms with Crippen molar-refractivity contribution in [3.8, 4) is 0 Å². The molecule has 0 aromatic heterocycles. The van der Waals surface area contributed by atoms with Crippen molar-refractivity contribution in [1.29, 1.82) is 0 Å². The second-order valence-electron chi connectivity index (χ2n) is 5.70. The Kier molecular flexibility index (Phi) is 4.00. The standard InChI is InChI=1S/C16H18ClNO3/c17-13-5-2-1-4-12(13)10-15(20)18-8-7-16(14(19)11-18)6-3-9-21-16/h1-2,4-5H,3,6-11H2/t16-/m1/s1. The van der Waals surface area contributed by atoms with Crippen LogP contribution < -0.4 is 0 Å². The van der Waals surface area contributed by atoms with Crippen LogP contribution >= 0.6 is 11.6 Å². The van der Waals surface area contributed by atoms with Crippen LogP contribution in [0.2, 0.25) is 5.02 Å². The Morgan fingerprint density at radius 1 is 1.33 bits per heavy atom. The van der Waals surface area contributed by atoms with Crippen molar-refractivity contribution in [2.75, 3.05) is 19.7 Å². The lowest BCUT2D eigenvalue weighted by Crippen LogP contribution is -2.54. The van der Waals surface area contributed by atoms with Crippen LogP contribution in [0.3, 0.4) is 0 Å². The molecule has 3 rings (SSSR count). The SMILES string of the molecule is O=C(Cc1ccccc1Cl)N1CC[C@]2(CCCO2)C(=O)C1. The van der Waals surface area contributed by atoms with Gasteiger partial charge in [0.05, 0.1) is 13.0 Å². The first kappa shape index (κ1) is 14.5. The van der Waals surface area contributed by atoms with E-state index in [1.807, 2.05) is 18.2 Å². The van der Waals surface area contributed by atoms with E-state index in [1.54, 1.807) is 11.0 Å². The molecule has 4 nitrogen and oxygen atoms in total. The first-order chi connectivity index (χ1) is 10.1. The maximum Gasteiger partial charge on any atom is 0.227 e. The smallest absolute Gasteiger partial charge is 0.227 e. The third kappa shape index (κ3) is 2.83. The number of rotatable bonds is 2. The van der Waals surface area contributed by atoms with Crippen molar-refractivity contribution in [1.82, 2.24) is 4.90 Å². The molecule has 0 aliphatic carbocycles. The van der Waals surface area contributed by atoms with Crippen LogP contribution in [0.15, 0.2) is 24.3 Å². The lowest BCUT2D eigenvalue weighted by atomic mass is 9.87. The van der Waals surface area contributed by atoms with E-state index in [0.717, 1.165) is 18.4 Å². The largest absolute Gasteiger partial charge is 0.367 e. The fourth-order valence-electron chi connectivity index (χ4n) is 3.10. The normalized spacial score (nSPS) is 25.6. The summed E-state index contributed by atoms with van der Waals surface area (Å²) in [5, 5.41) is 0.588. The molecule has 2 saturated heterocycles. The zero-order chi connectivity index (χ0) is 14.9. The number of ether oxygens (including phenoxy) is 1. The first-order valence-electron chi connectivity index (χ1n) is 7.29. The summed E-state index contributed by atoms with van der Waals surface area (Å²) < 4.78 is 5.65. The molecule has 2 heterocycles. The van der Waals surface area contributed by atoms with Gasteiger partial charge in [0.2, 0.25) is 5.91 Å². The third-order valence-electron chi connectivity index (χ3n) is 4.38. The molecule has 2 aliphatic heterocycles. The molecule has 5 heteroatoms. The molecular formula is C16H18ClNO3. The van der Waals surface area contributed by atoms with Crippen LogP contribution in [0.25, 0.3) is 0 Å². The minimum absolute atomic E-state index is 0.0405. The maximum atomic E-state index is 12.3. The number of hydrogen-bond donors (Lipinski definition) is 0. The fraction of sp³-hybridized carbons (Fsp3) is 0.500. The van der Waals surface area contributed by atoms with Gasteiger partial charge in [0.25, 0.3) is 0 Å². The summed E-state index contributed by atoms with van der Waals surface area (Å²) in [6, 6.07) is 7.31. The molecule has 2 fully saturated rings. The summed E-state index contributed by atoms with van der Waals surface area (Å²) in [5.41, 5.74) is 0.190. The molecule has 1 aromatic carbocycles. The van der Waals surface area contributed by atoms with Gasteiger partial charge in [0.1, 0.15) is 5.60 Å². The molecule has 21 heavy (non-hydrogen) atoms. The molecule has 0 radical (unpaired) electrons. The molecule has 0 unspecified atom stereocenters. The Morgan fingerprint density at radius 2 is 2.14 bits per heavy atom. The Morgan fingerprint density at radius 3 is 2.81 bits per heavy atom. The van der Waals surface area contributed by atoms with Crippen molar-refractivity contribution in [2.45, 2.75) is 31.3 Å². The third-order valence-corrected chi connectivity index (χ3v) is 4.75. The zero-order valence-corrected chi connectivity index (χ0v) is 12.6. The lowest BCUT2D eigenvalue weighted by molar-refractivity contribution is -0.152. The molecule has 2 aliphatic rings. The Balaban J connectivity index is 1.65. The minimum atomic E-state index is -0.610. The van der Waals surface area contributed by atoms with Crippen LogP contribution in [0.5, 0.6) is 0 Å². The summed E-state index contributed by atoms with van der Waals surface area (Å²) in [5.74, 6) is -0.0111. The van der Waals surface area contributed by atoms with Crippen LogP contribution in [0, 0.1) is 0 Å². The van der Waals surface area contributed by atoms with Gasteiger partial charge in [-0.05, 0) is 24.5 Å². The number of carbonyl (C=O) groups is 2. The molecule has 0 N–H and O–H groups in total.